The molecule has 0 atom stereocenters. The minimum Gasteiger partial charge on any atom is -0.321 e. The van der Waals surface area contributed by atoms with Gasteiger partial charge in [-0.1, -0.05) is 12.1 Å². The van der Waals surface area contributed by atoms with E-state index in [9.17, 15) is 18.0 Å². The third-order valence-electron chi connectivity index (χ3n) is 4.98. The first-order valence-electron chi connectivity index (χ1n) is 9.68. The molecule has 172 valence electrons. The van der Waals surface area contributed by atoms with Gasteiger partial charge < -0.3 is 5.32 Å². The van der Waals surface area contributed by atoms with Gasteiger partial charge in [0, 0.05) is 11.4 Å². The number of alkyl halides is 3. The predicted octanol–water partition coefficient (Wildman–Crippen LogP) is 5.70. The lowest BCUT2D eigenvalue weighted by Gasteiger charge is -2.09. The smallest absolute Gasteiger partial charge is 0.321 e. The van der Waals surface area contributed by atoms with Crippen molar-refractivity contribution in [1.82, 2.24) is 24.4 Å². The molecule has 0 aliphatic carbocycles. The van der Waals surface area contributed by atoms with Crippen LogP contribution in [-0.2, 0) is 12.7 Å². The zero-order valence-corrected chi connectivity index (χ0v) is 20.8. The van der Waals surface area contributed by atoms with Gasteiger partial charge in [0.25, 0.3) is 5.91 Å². The molecular weight excluding hydrogens is 569 g/mol. The summed E-state index contributed by atoms with van der Waals surface area (Å²) in [6.07, 6.45) is -4.66. The molecular formula is C21H17Br2F3N6O. The fraction of sp³-hybridized carbons (Fsp3) is 0.238. The van der Waals surface area contributed by atoms with Crippen LogP contribution in [0, 0.1) is 20.8 Å². The molecule has 1 amide bonds. The second-order valence-electron chi connectivity index (χ2n) is 7.48. The molecule has 1 aromatic carbocycles. The number of aromatic nitrogens is 5. The van der Waals surface area contributed by atoms with E-state index in [-0.39, 0.29) is 21.5 Å². The topological polar surface area (TPSA) is 77.1 Å². The number of hydrogen-bond acceptors (Lipinski definition) is 4. The molecule has 0 spiro atoms. The van der Waals surface area contributed by atoms with Gasteiger partial charge in [0.2, 0.25) is 0 Å². The number of carbonyl (C=O) groups excluding carboxylic acids is 1. The van der Waals surface area contributed by atoms with Crippen molar-refractivity contribution in [2.45, 2.75) is 33.5 Å². The van der Waals surface area contributed by atoms with Crippen LogP contribution in [0.15, 0.2) is 39.3 Å². The van der Waals surface area contributed by atoms with E-state index < -0.39 is 17.8 Å². The summed E-state index contributed by atoms with van der Waals surface area (Å²) < 4.78 is 43.8. The number of nitrogens with zero attached hydrogens (tertiary/aromatic N) is 5. The first kappa shape index (κ1) is 23.4. The number of anilines is 1. The van der Waals surface area contributed by atoms with Gasteiger partial charge >= 0.3 is 6.18 Å². The van der Waals surface area contributed by atoms with Crippen LogP contribution >= 0.6 is 31.9 Å². The zero-order valence-electron chi connectivity index (χ0n) is 17.6. The summed E-state index contributed by atoms with van der Waals surface area (Å²) in [5, 5.41) is 11.1. The average Bonchev–Trinajstić information content (AvgIpc) is 3.18. The molecule has 0 aliphatic rings. The van der Waals surface area contributed by atoms with Gasteiger partial charge in [0.1, 0.15) is 5.69 Å². The maximum Gasteiger partial charge on any atom is 0.433 e. The molecule has 7 nitrogen and oxygen atoms in total. The lowest BCUT2D eigenvalue weighted by molar-refractivity contribution is -0.142. The van der Waals surface area contributed by atoms with E-state index >= 15 is 0 Å². The molecule has 0 radical (unpaired) electrons. The van der Waals surface area contributed by atoms with Crippen molar-refractivity contribution in [1.29, 1.82) is 0 Å². The van der Waals surface area contributed by atoms with Crippen LogP contribution in [0.2, 0.25) is 0 Å². The van der Waals surface area contributed by atoms with E-state index in [1.807, 2.05) is 24.6 Å². The summed E-state index contributed by atoms with van der Waals surface area (Å²) in [5.41, 5.74) is 2.06. The van der Waals surface area contributed by atoms with E-state index in [0.717, 1.165) is 27.5 Å². The number of aryl methyl sites for hydroxylation is 2. The Kier molecular flexibility index (Phi) is 6.08. The number of fused-ring (bicyclic) bond motifs is 1. The SMILES string of the molecule is Cc1cc(C(F)(F)F)n2nc(C(=O)Nc3cccc(Cn4nc(C)c(Br)c4C)c3)c(Br)c2n1. The monoisotopic (exact) mass is 584 g/mol. The van der Waals surface area contributed by atoms with E-state index in [1.165, 1.54) is 6.92 Å². The first-order valence-corrected chi connectivity index (χ1v) is 11.3. The van der Waals surface area contributed by atoms with Gasteiger partial charge in [-0.05, 0) is 76.4 Å². The number of carbonyl (C=O) groups is 1. The molecule has 4 rings (SSSR count). The fourth-order valence-corrected chi connectivity index (χ4v) is 4.20. The molecule has 1 N–H and O–H groups in total. The Hall–Kier alpha value is -2.73. The van der Waals surface area contributed by atoms with E-state index in [4.69, 9.17) is 0 Å². The Bertz CT molecular complexity index is 1390. The Balaban J connectivity index is 1.63. The number of amides is 1. The normalized spacial score (nSPS) is 11.9. The van der Waals surface area contributed by atoms with Gasteiger partial charge in [0.05, 0.1) is 26.9 Å². The first-order chi connectivity index (χ1) is 15.5. The highest BCUT2D eigenvalue weighted by atomic mass is 79.9. The van der Waals surface area contributed by atoms with Crippen LogP contribution in [0.25, 0.3) is 5.65 Å². The van der Waals surface area contributed by atoms with E-state index in [2.05, 4.69) is 52.4 Å². The lowest BCUT2D eigenvalue weighted by Crippen LogP contribution is -2.16. The van der Waals surface area contributed by atoms with Gasteiger partial charge in [0.15, 0.2) is 11.3 Å². The average molecular weight is 586 g/mol. The number of halogens is 5. The maximum atomic E-state index is 13.5. The molecule has 0 bridgehead atoms. The van der Waals surface area contributed by atoms with Crippen LogP contribution in [-0.4, -0.2) is 30.3 Å². The van der Waals surface area contributed by atoms with Crippen molar-refractivity contribution in [3.8, 4) is 0 Å². The fourth-order valence-electron chi connectivity index (χ4n) is 3.40. The van der Waals surface area contributed by atoms with Crippen molar-refractivity contribution < 1.29 is 18.0 Å². The number of hydrogen-bond donors (Lipinski definition) is 1. The minimum atomic E-state index is -4.66. The molecule has 0 saturated carbocycles. The van der Waals surface area contributed by atoms with Gasteiger partial charge in [-0.2, -0.15) is 23.4 Å². The van der Waals surface area contributed by atoms with Crippen molar-refractivity contribution >= 4 is 49.1 Å². The summed E-state index contributed by atoms with van der Waals surface area (Å²) in [6, 6.07) is 8.01. The second kappa shape index (κ2) is 8.56. The maximum absolute atomic E-state index is 13.5. The molecule has 4 aromatic rings. The highest BCUT2D eigenvalue weighted by Crippen LogP contribution is 2.32. The van der Waals surface area contributed by atoms with Gasteiger partial charge in [-0.15, -0.1) is 0 Å². The standard InChI is InChI=1S/C21H17Br2F3N6O/c1-10-7-15(21(24,25)26)32-19(27-10)17(23)18(30-32)20(33)28-14-6-4-5-13(8-14)9-31-12(3)16(22)11(2)29-31/h4-8H,9H2,1-3H3,(H,28,33). The zero-order chi connectivity index (χ0) is 24.1. The lowest BCUT2D eigenvalue weighted by atomic mass is 10.2. The molecule has 3 heterocycles. The minimum absolute atomic E-state index is 0.0813. The van der Waals surface area contributed by atoms with Crippen molar-refractivity contribution in [3.63, 3.8) is 0 Å². The quantitative estimate of drug-likeness (QED) is 0.333. The Labute approximate surface area is 203 Å². The number of nitrogens with one attached hydrogen (secondary N) is 1. The second-order valence-corrected chi connectivity index (χ2v) is 9.06. The summed E-state index contributed by atoms with van der Waals surface area (Å²) in [5.74, 6) is -0.663. The number of benzene rings is 1. The molecule has 3 aromatic heterocycles. The summed E-state index contributed by atoms with van der Waals surface area (Å²) >= 11 is 6.69. The van der Waals surface area contributed by atoms with Crippen LogP contribution < -0.4 is 5.32 Å². The van der Waals surface area contributed by atoms with E-state index in [1.54, 1.807) is 18.2 Å². The van der Waals surface area contributed by atoms with Gasteiger partial charge in [-0.3, -0.25) is 9.48 Å². The molecule has 0 aliphatic heterocycles. The molecule has 0 unspecified atom stereocenters. The summed E-state index contributed by atoms with van der Waals surface area (Å²) in [4.78, 5) is 17.0. The Morgan fingerprint density at radius 3 is 2.45 bits per heavy atom. The van der Waals surface area contributed by atoms with Crippen molar-refractivity contribution in [2.75, 3.05) is 5.32 Å². The number of rotatable bonds is 4. The third kappa shape index (κ3) is 4.54. The molecule has 0 saturated heterocycles. The molecule has 12 heteroatoms. The predicted molar refractivity (Wildman–Crippen MR) is 123 cm³/mol. The molecule has 33 heavy (non-hydrogen) atoms. The van der Waals surface area contributed by atoms with E-state index in [0.29, 0.717) is 16.7 Å². The van der Waals surface area contributed by atoms with Crippen molar-refractivity contribution in [3.05, 3.63) is 73.3 Å². The van der Waals surface area contributed by atoms with Crippen LogP contribution in [0.5, 0.6) is 0 Å². The summed E-state index contributed by atoms with van der Waals surface area (Å²) in [7, 11) is 0. The Morgan fingerprint density at radius 2 is 1.82 bits per heavy atom. The van der Waals surface area contributed by atoms with Crippen LogP contribution in [0.1, 0.15) is 38.8 Å². The van der Waals surface area contributed by atoms with Crippen LogP contribution in [0.3, 0.4) is 0 Å². The van der Waals surface area contributed by atoms with Crippen molar-refractivity contribution in [2.24, 2.45) is 0 Å². The highest BCUT2D eigenvalue weighted by Gasteiger charge is 2.36. The van der Waals surface area contributed by atoms with Gasteiger partial charge in [-0.25, -0.2) is 9.50 Å². The van der Waals surface area contributed by atoms with Crippen LogP contribution in [0.4, 0.5) is 18.9 Å². The largest absolute Gasteiger partial charge is 0.433 e. The third-order valence-corrected chi connectivity index (χ3v) is 6.85. The highest BCUT2D eigenvalue weighted by molar-refractivity contribution is 9.11. The summed E-state index contributed by atoms with van der Waals surface area (Å²) in [6.45, 7) is 5.78. The Morgan fingerprint density at radius 1 is 1.09 bits per heavy atom. The molecule has 0 fully saturated rings.